The summed E-state index contributed by atoms with van der Waals surface area (Å²) in [6, 6.07) is 23.3. The van der Waals surface area contributed by atoms with Gasteiger partial charge in [0.15, 0.2) is 0 Å². The van der Waals surface area contributed by atoms with Crippen molar-refractivity contribution < 1.29 is 19.1 Å². The summed E-state index contributed by atoms with van der Waals surface area (Å²) in [5.74, 6) is -0.444. The van der Waals surface area contributed by atoms with Crippen LogP contribution in [0.25, 0.3) is 0 Å². The van der Waals surface area contributed by atoms with Crippen LogP contribution >= 0.6 is 0 Å². The van der Waals surface area contributed by atoms with Crippen LogP contribution < -0.4 is 16.0 Å². The van der Waals surface area contributed by atoms with Crippen molar-refractivity contribution >= 4 is 23.6 Å². The third-order valence-electron chi connectivity index (χ3n) is 4.73. The fourth-order valence-electron chi connectivity index (χ4n) is 3.09. The third-order valence-corrected chi connectivity index (χ3v) is 4.73. The normalized spacial score (nSPS) is 10.8. The lowest BCUT2D eigenvalue weighted by atomic mass is 10.1. The Labute approximate surface area is 199 Å². The quantitative estimate of drug-likeness (QED) is 0.469. The van der Waals surface area contributed by atoms with E-state index in [-0.39, 0.29) is 18.4 Å². The van der Waals surface area contributed by atoms with Crippen LogP contribution in [0, 0.1) is 0 Å². The summed E-state index contributed by atoms with van der Waals surface area (Å²) in [5, 5.41) is 8.40. The average molecular weight is 460 g/mol. The predicted octanol–water partition coefficient (Wildman–Crippen LogP) is 4.89. The second-order valence-corrected chi connectivity index (χ2v) is 8.76. The van der Waals surface area contributed by atoms with E-state index in [0.717, 1.165) is 16.8 Å². The number of nitrogens with one attached hydrogen (secondary N) is 3. The number of carbonyl (C=O) groups is 3. The first-order chi connectivity index (χ1) is 16.2. The van der Waals surface area contributed by atoms with Gasteiger partial charge >= 0.3 is 6.09 Å². The molecule has 3 aromatic rings. The van der Waals surface area contributed by atoms with Crippen molar-refractivity contribution in [3.05, 3.63) is 101 Å². The minimum Gasteiger partial charge on any atom is -0.444 e. The molecule has 3 N–H and O–H groups in total. The van der Waals surface area contributed by atoms with E-state index >= 15 is 0 Å². The molecule has 176 valence electrons. The molecule has 3 amide bonds. The minimum absolute atomic E-state index is 0.213. The first kappa shape index (κ1) is 24.5. The van der Waals surface area contributed by atoms with Gasteiger partial charge < -0.3 is 20.7 Å². The first-order valence-electron chi connectivity index (χ1n) is 11.0. The van der Waals surface area contributed by atoms with E-state index in [9.17, 15) is 14.4 Å². The van der Waals surface area contributed by atoms with Crippen molar-refractivity contribution in [2.45, 2.75) is 39.5 Å². The van der Waals surface area contributed by atoms with E-state index in [1.54, 1.807) is 63.2 Å². The van der Waals surface area contributed by atoms with Gasteiger partial charge in [0.05, 0.1) is 0 Å². The maximum atomic E-state index is 12.5. The summed E-state index contributed by atoms with van der Waals surface area (Å²) in [7, 11) is 0. The van der Waals surface area contributed by atoms with Crippen molar-refractivity contribution in [3.8, 4) is 0 Å². The Morgan fingerprint density at radius 2 is 1.38 bits per heavy atom. The van der Waals surface area contributed by atoms with E-state index in [4.69, 9.17) is 4.74 Å². The lowest BCUT2D eigenvalue weighted by Gasteiger charge is -2.19. The van der Waals surface area contributed by atoms with Gasteiger partial charge in [-0.15, -0.1) is 0 Å². The molecule has 3 rings (SSSR count). The van der Waals surface area contributed by atoms with Crippen LogP contribution in [0.3, 0.4) is 0 Å². The zero-order chi connectivity index (χ0) is 24.6. The van der Waals surface area contributed by atoms with Gasteiger partial charge in [0.1, 0.15) is 5.60 Å². The van der Waals surface area contributed by atoms with Crippen molar-refractivity contribution in [1.29, 1.82) is 0 Å². The fraction of sp³-hybridized carbons (Fsp3) is 0.222. The van der Waals surface area contributed by atoms with Gasteiger partial charge in [-0.05, 0) is 68.3 Å². The summed E-state index contributed by atoms with van der Waals surface area (Å²) in [6.45, 7) is 5.99. The number of ether oxygens (including phenoxy) is 1. The fourth-order valence-corrected chi connectivity index (χ4v) is 3.09. The van der Waals surface area contributed by atoms with E-state index in [1.165, 1.54) is 0 Å². The van der Waals surface area contributed by atoms with Crippen LogP contribution in [0.4, 0.5) is 10.5 Å². The van der Waals surface area contributed by atoms with E-state index in [1.807, 2.05) is 36.4 Å². The third kappa shape index (κ3) is 7.78. The molecule has 0 atom stereocenters. The molecular formula is C27H29N3O4. The second kappa shape index (κ2) is 11.1. The lowest BCUT2D eigenvalue weighted by molar-refractivity contribution is 0.0523. The number of alkyl carbamates (subject to hydrolysis) is 1. The zero-order valence-electron chi connectivity index (χ0n) is 19.6. The Bertz CT molecular complexity index is 1140. The van der Waals surface area contributed by atoms with Crippen LogP contribution in [0.5, 0.6) is 0 Å². The zero-order valence-corrected chi connectivity index (χ0v) is 19.6. The number of hydrogen-bond acceptors (Lipinski definition) is 4. The highest BCUT2D eigenvalue weighted by molar-refractivity contribution is 6.04. The predicted molar refractivity (Wildman–Crippen MR) is 132 cm³/mol. The lowest BCUT2D eigenvalue weighted by Crippen LogP contribution is -2.32. The number of rotatable bonds is 7. The van der Waals surface area contributed by atoms with Crippen LogP contribution in [0.1, 0.15) is 52.6 Å². The Balaban J connectivity index is 1.51. The molecule has 0 saturated heterocycles. The number of benzene rings is 3. The molecule has 0 aliphatic carbocycles. The first-order valence-corrected chi connectivity index (χ1v) is 11.0. The Morgan fingerprint density at radius 1 is 0.706 bits per heavy atom. The number of carbonyl (C=O) groups excluding carboxylic acids is 3. The Hall–Kier alpha value is -4.13. The Kier molecular flexibility index (Phi) is 8.03. The molecule has 0 aliphatic heterocycles. The van der Waals surface area contributed by atoms with Crippen LogP contribution in [0.15, 0.2) is 78.9 Å². The topological polar surface area (TPSA) is 96.5 Å². The van der Waals surface area contributed by atoms with E-state index in [2.05, 4.69) is 16.0 Å². The molecule has 34 heavy (non-hydrogen) atoms. The van der Waals surface area contributed by atoms with Crippen LogP contribution in [-0.2, 0) is 17.8 Å². The average Bonchev–Trinajstić information content (AvgIpc) is 2.81. The van der Waals surface area contributed by atoms with Crippen molar-refractivity contribution in [1.82, 2.24) is 10.6 Å². The van der Waals surface area contributed by atoms with Crippen LogP contribution in [-0.4, -0.2) is 23.5 Å². The summed E-state index contributed by atoms with van der Waals surface area (Å²) in [5.41, 5.74) is 2.83. The highest BCUT2D eigenvalue weighted by Crippen LogP contribution is 2.12. The molecule has 0 radical (unpaired) electrons. The van der Waals surface area contributed by atoms with Gasteiger partial charge in [-0.2, -0.15) is 0 Å². The molecule has 0 unspecified atom stereocenters. The summed E-state index contributed by atoms with van der Waals surface area (Å²) in [4.78, 5) is 36.8. The van der Waals surface area contributed by atoms with E-state index in [0.29, 0.717) is 17.7 Å². The van der Waals surface area contributed by atoms with E-state index < -0.39 is 11.7 Å². The number of amides is 3. The van der Waals surface area contributed by atoms with Gasteiger partial charge in [0, 0.05) is 29.9 Å². The molecule has 7 heteroatoms. The van der Waals surface area contributed by atoms with Gasteiger partial charge in [-0.25, -0.2) is 4.79 Å². The molecule has 0 heterocycles. The number of anilines is 1. The standard InChI is InChI=1S/C27H29N3O4/c1-27(2,3)34-26(33)29-17-19-12-14-21(15-13-19)24(31)28-18-20-8-7-9-22(16-20)25(32)30-23-10-5-4-6-11-23/h4-16H,17-18H2,1-3H3,(H,28,31)(H,29,33)(H,30,32). The van der Waals surface area contributed by atoms with Crippen molar-refractivity contribution in [2.24, 2.45) is 0 Å². The molecule has 0 fully saturated rings. The summed E-state index contributed by atoms with van der Waals surface area (Å²) in [6.07, 6.45) is -0.492. The molecule has 0 saturated carbocycles. The van der Waals surface area contributed by atoms with Gasteiger partial charge in [-0.3, -0.25) is 9.59 Å². The second-order valence-electron chi connectivity index (χ2n) is 8.76. The molecule has 7 nitrogen and oxygen atoms in total. The SMILES string of the molecule is CC(C)(C)OC(=O)NCc1ccc(C(=O)NCc2cccc(C(=O)Nc3ccccc3)c2)cc1. The minimum atomic E-state index is -0.558. The van der Waals surface area contributed by atoms with Gasteiger partial charge in [0.2, 0.25) is 0 Å². The molecule has 0 aliphatic rings. The monoisotopic (exact) mass is 459 g/mol. The molecule has 0 aromatic heterocycles. The van der Waals surface area contributed by atoms with Crippen molar-refractivity contribution in [2.75, 3.05) is 5.32 Å². The molecular weight excluding hydrogens is 430 g/mol. The smallest absolute Gasteiger partial charge is 0.407 e. The van der Waals surface area contributed by atoms with Crippen molar-refractivity contribution in [3.63, 3.8) is 0 Å². The maximum Gasteiger partial charge on any atom is 0.407 e. The number of para-hydroxylation sites is 1. The highest BCUT2D eigenvalue weighted by atomic mass is 16.6. The molecule has 3 aromatic carbocycles. The summed E-state index contributed by atoms with van der Waals surface area (Å²) >= 11 is 0. The highest BCUT2D eigenvalue weighted by Gasteiger charge is 2.15. The van der Waals surface area contributed by atoms with Gasteiger partial charge in [0.25, 0.3) is 11.8 Å². The Morgan fingerprint density at radius 3 is 2.06 bits per heavy atom. The number of hydrogen-bond donors (Lipinski definition) is 3. The van der Waals surface area contributed by atoms with Gasteiger partial charge in [-0.1, -0.05) is 42.5 Å². The summed E-state index contributed by atoms with van der Waals surface area (Å²) < 4.78 is 5.21. The largest absolute Gasteiger partial charge is 0.444 e. The molecule has 0 bridgehead atoms. The van der Waals surface area contributed by atoms with Crippen LogP contribution in [0.2, 0.25) is 0 Å². The molecule has 0 spiro atoms. The maximum absolute atomic E-state index is 12.5.